The van der Waals surface area contributed by atoms with Gasteiger partial charge in [0.2, 0.25) is 5.95 Å². The Labute approximate surface area is 159 Å². The lowest BCUT2D eigenvalue weighted by atomic mass is 10.2. The molecule has 148 valence electrons. The Morgan fingerprint density at radius 2 is 1.82 bits per heavy atom. The molecular formula is C17H19F3N8. The van der Waals surface area contributed by atoms with E-state index in [0.29, 0.717) is 22.9 Å². The van der Waals surface area contributed by atoms with Crippen molar-refractivity contribution in [2.75, 3.05) is 37.6 Å². The number of rotatable bonds is 3. The highest BCUT2D eigenvalue weighted by molar-refractivity contribution is 5.63. The van der Waals surface area contributed by atoms with E-state index in [-0.39, 0.29) is 5.78 Å². The second-order valence-corrected chi connectivity index (χ2v) is 6.57. The third-order valence-corrected chi connectivity index (χ3v) is 4.88. The van der Waals surface area contributed by atoms with Gasteiger partial charge in [-0.05, 0) is 19.5 Å². The zero-order valence-corrected chi connectivity index (χ0v) is 15.5. The van der Waals surface area contributed by atoms with Crippen molar-refractivity contribution in [2.45, 2.75) is 20.0 Å². The van der Waals surface area contributed by atoms with Crippen molar-refractivity contribution in [1.82, 2.24) is 34.4 Å². The van der Waals surface area contributed by atoms with Crippen LogP contribution in [0.1, 0.15) is 18.4 Å². The third kappa shape index (κ3) is 3.37. The van der Waals surface area contributed by atoms with Crippen molar-refractivity contribution in [1.29, 1.82) is 0 Å². The summed E-state index contributed by atoms with van der Waals surface area (Å²) in [5.41, 5.74) is 1.65. The number of likely N-dealkylation sites (N-methyl/N-ethyl adjacent to an activating group) is 1. The van der Waals surface area contributed by atoms with E-state index in [1.54, 1.807) is 19.2 Å². The normalized spacial score (nSPS) is 16.1. The number of nitrogens with zero attached hydrogens (tertiary/aromatic N) is 8. The van der Waals surface area contributed by atoms with Gasteiger partial charge in [-0.15, -0.1) is 5.10 Å². The van der Waals surface area contributed by atoms with Crippen LogP contribution in [0.4, 0.5) is 19.1 Å². The van der Waals surface area contributed by atoms with Gasteiger partial charge in [-0.3, -0.25) is 0 Å². The maximum atomic E-state index is 12.9. The summed E-state index contributed by atoms with van der Waals surface area (Å²) in [6.07, 6.45) is -1.50. The number of aryl methyl sites for hydroxylation is 1. The van der Waals surface area contributed by atoms with Crippen LogP contribution in [-0.4, -0.2) is 67.2 Å². The predicted molar refractivity (Wildman–Crippen MR) is 95.9 cm³/mol. The van der Waals surface area contributed by atoms with Gasteiger partial charge in [0.15, 0.2) is 0 Å². The standard InChI is InChI=1S/C17H19F3N8/c1-3-26-6-8-27(9-7-26)15-21-5-4-13(23-15)12-10-22-16-24-14(17(18,19)20)25-28(16)11(12)2/h4-5,10H,3,6-9H2,1-2H3. The summed E-state index contributed by atoms with van der Waals surface area (Å²) >= 11 is 0. The van der Waals surface area contributed by atoms with Gasteiger partial charge in [0.25, 0.3) is 11.6 Å². The summed E-state index contributed by atoms with van der Waals surface area (Å²) < 4.78 is 39.8. The van der Waals surface area contributed by atoms with Gasteiger partial charge in [-0.2, -0.15) is 18.2 Å². The van der Waals surface area contributed by atoms with Crippen LogP contribution in [0.2, 0.25) is 0 Å². The van der Waals surface area contributed by atoms with Crippen molar-refractivity contribution in [3.05, 3.63) is 30.0 Å². The summed E-state index contributed by atoms with van der Waals surface area (Å²) in [5, 5.41) is 3.56. The second kappa shape index (κ2) is 6.97. The van der Waals surface area contributed by atoms with Crippen molar-refractivity contribution in [3.63, 3.8) is 0 Å². The highest BCUT2D eigenvalue weighted by atomic mass is 19.4. The minimum atomic E-state index is -4.62. The molecule has 4 heterocycles. The molecule has 3 aromatic heterocycles. The molecule has 0 N–H and O–H groups in total. The van der Waals surface area contributed by atoms with Crippen molar-refractivity contribution in [3.8, 4) is 11.3 Å². The molecule has 0 atom stereocenters. The minimum absolute atomic E-state index is 0.0986. The van der Waals surface area contributed by atoms with E-state index < -0.39 is 12.0 Å². The highest BCUT2D eigenvalue weighted by Crippen LogP contribution is 2.28. The first kappa shape index (κ1) is 18.5. The number of alkyl halides is 3. The number of aromatic nitrogens is 6. The molecule has 0 bridgehead atoms. The van der Waals surface area contributed by atoms with Crippen LogP contribution in [0.5, 0.6) is 0 Å². The molecule has 0 unspecified atom stereocenters. The molecule has 0 amide bonds. The first-order valence-electron chi connectivity index (χ1n) is 8.97. The molecule has 1 saturated heterocycles. The third-order valence-electron chi connectivity index (χ3n) is 4.88. The van der Waals surface area contributed by atoms with E-state index in [2.05, 4.69) is 41.8 Å². The van der Waals surface area contributed by atoms with Gasteiger partial charge in [-0.1, -0.05) is 6.92 Å². The molecule has 1 fully saturated rings. The summed E-state index contributed by atoms with van der Waals surface area (Å²) in [6.45, 7) is 8.34. The topological polar surface area (TPSA) is 75.3 Å². The number of hydrogen-bond acceptors (Lipinski definition) is 7. The fraction of sp³-hybridized carbons (Fsp3) is 0.471. The maximum absolute atomic E-state index is 12.9. The molecule has 0 aromatic carbocycles. The highest BCUT2D eigenvalue weighted by Gasteiger charge is 2.36. The molecular weight excluding hydrogens is 373 g/mol. The molecule has 11 heteroatoms. The van der Waals surface area contributed by atoms with E-state index in [4.69, 9.17) is 0 Å². The van der Waals surface area contributed by atoms with Crippen LogP contribution in [0, 0.1) is 6.92 Å². The van der Waals surface area contributed by atoms with Crippen LogP contribution in [0.25, 0.3) is 17.0 Å². The van der Waals surface area contributed by atoms with Gasteiger partial charge >= 0.3 is 6.18 Å². The number of anilines is 1. The predicted octanol–water partition coefficient (Wildman–Crippen LogP) is 2.05. The Morgan fingerprint density at radius 3 is 2.50 bits per heavy atom. The van der Waals surface area contributed by atoms with Gasteiger partial charge in [-0.25, -0.2) is 19.5 Å². The Hall–Kier alpha value is -2.82. The molecule has 1 aliphatic heterocycles. The number of piperazine rings is 1. The van der Waals surface area contributed by atoms with Crippen molar-refractivity contribution in [2.24, 2.45) is 0 Å². The SMILES string of the molecule is CCN1CCN(c2nccc(-c3cnc4nc(C(F)(F)F)nn4c3C)n2)CC1. The van der Waals surface area contributed by atoms with Gasteiger partial charge < -0.3 is 9.80 Å². The Balaban J connectivity index is 1.68. The molecule has 28 heavy (non-hydrogen) atoms. The first-order chi connectivity index (χ1) is 13.4. The van der Waals surface area contributed by atoms with E-state index >= 15 is 0 Å². The van der Waals surface area contributed by atoms with Gasteiger partial charge in [0, 0.05) is 44.1 Å². The summed E-state index contributed by atoms with van der Waals surface area (Å²) in [5.74, 6) is -0.710. The largest absolute Gasteiger partial charge is 0.453 e. The minimum Gasteiger partial charge on any atom is -0.338 e. The molecule has 0 spiro atoms. The van der Waals surface area contributed by atoms with Crippen molar-refractivity contribution >= 4 is 11.7 Å². The average Bonchev–Trinajstić information content (AvgIpc) is 3.14. The summed E-state index contributed by atoms with van der Waals surface area (Å²) in [4.78, 5) is 20.9. The zero-order chi connectivity index (χ0) is 19.9. The summed E-state index contributed by atoms with van der Waals surface area (Å²) in [6, 6.07) is 1.71. The lowest BCUT2D eigenvalue weighted by molar-refractivity contribution is -0.144. The molecule has 3 aromatic rings. The lowest BCUT2D eigenvalue weighted by Gasteiger charge is -2.34. The molecule has 0 radical (unpaired) electrons. The number of halogens is 3. The molecule has 0 saturated carbocycles. The maximum Gasteiger partial charge on any atom is 0.453 e. The number of hydrogen-bond donors (Lipinski definition) is 0. The van der Waals surface area contributed by atoms with Crippen LogP contribution >= 0.6 is 0 Å². The Kier molecular flexibility index (Phi) is 4.61. The molecule has 1 aliphatic rings. The van der Waals surface area contributed by atoms with Crippen LogP contribution < -0.4 is 4.90 Å². The quantitative estimate of drug-likeness (QED) is 0.675. The second-order valence-electron chi connectivity index (χ2n) is 6.57. The van der Waals surface area contributed by atoms with E-state index in [9.17, 15) is 13.2 Å². The fourth-order valence-electron chi connectivity index (χ4n) is 3.23. The van der Waals surface area contributed by atoms with Crippen LogP contribution in [-0.2, 0) is 6.18 Å². The van der Waals surface area contributed by atoms with Gasteiger partial charge in [0.1, 0.15) is 0 Å². The smallest absolute Gasteiger partial charge is 0.338 e. The number of fused-ring (bicyclic) bond motifs is 1. The van der Waals surface area contributed by atoms with E-state index in [1.165, 1.54) is 6.20 Å². The zero-order valence-electron chi connectivity index (χ0n) is 15.5. The van der Waals surface area contributed by atoms with Gasteiger partial charge in [0.05, 0.1) is 11.4 Å². The molecule has 4 rings (SSSR count). The Morgan fingerprint density at radius 1 is 1.07 bits per heavy atom. The Bertz CT molecular complexity index is 992. The summed E-state index contributed by atoms with van der Waals surface area (Å²) in [7, 11) is 0. The molecule has 8 nitrogen and oxygen atoms in total. The van der Waals surface area contributed by atoms with E-state index in [0.717, 1.165) is 37.2 Å². The van der Waals surface area contributed by atoms with Crippen LogP contribution in [0.15, 0.2) is 18.5 Å². The van der Waals surface area contributed by atoms with Crippen molar-refractivity contribution < 1.29 is 13.2 Å². The fourth-order valence-corrected chi connectivity index (χ4v) is 3.23. The first-order valence-corrected chi connectivity index (χ1v) is 8.97. The lowest BCUT2D eigenvalue weighted by Crippen LogP contribution is -2.46. The monoisotopic (exact) mass is 392 g/mol. The van der Waals surface area contributed by atoms with E-state index in [1.807, 2.05) is 0 Å². The average molecular weight is 392 g/mol. The molecule has 0 aliphatic carbocycles. The van der Waals surface area contributed by atoms with Crippen LogP contribution in [0.3, 0.4) is 0 Å².